The Balaban J connectivity index is 0.000000312. The molecule has 2 saturated heterocycles. The molecule has 2 fully saturated rings. The smallest absolute Gasteiger partial charge is 0.142 e. The normalized spacial score (nSPS) is 16.6. The maximum atomic E-state index is 12.7. The number of ether oxygens (including phenoxy) is 4. The summed E-state index contributed by atoms with van der Waals surface area (Å²) in [7, 11) is 0. The molecule has 2 heterocycles. The Hall–Kier alpha value is -5.70. The molecule has 0 aromatic heterocycles. The Morgan fingerprint density at radius 2 is 0.448 bits per heavy atom. The van der Waals surface area contributed by atoms with Gasteiger partial charge in [0.2, 0.25) is 0 Å². The number of aliphatic hydroxyl groups is 2. The van der Waals surface area contributed by atoms with Crippen LogP contribution in [-0.4, -0.2) is 63.1 Å². The topological polar surface area (TPSA) is 77.4 Å². The van der Waals surface area contributed by atoms with Gasteiger partial charge < -0.3 is 29.2 Å². The van der Waals surface area contributed by atoms with Gasteiger partial charge in [0.25, 0.3) is 0 Å². The summed E-state index contributed by atoms with van der Waals surface area (Å²) < 4.78 is 19.8. The average Bonchev–Trinajstić information content (AvgIpc) is 3.74. The molecule has 4 aliphatic rings. The van der Waals surface area contributed by atoms with Crippen LogP contribution in [0.15, 0.2) is 170 Å². The lowest BCUT2D eigenvalue weighted by Crippen LogP contribution is -2.27. The molecule has 11 rings (SSSR count). The summed E-state index contributed by atoms with van der Waals surface area (Å²) in [4.78, 5) is 0. The molecule has 0 spiro atoms. The summed E-state index contributed by atoms with van der Waals surface area (Å²) in [5.41, 5.74) is 11.0. The van der Waals surface area contributed by atoms with E-state index in [-0.39, 0.29) is 0 Å². The zero-order valence-electron chi connectivity index (χ0n) is 32.4. The fourth-order valence-electron chi connectivity index (χ4n) is 8.81. The van der Waals surface area contributed by atoms with Crippen LogP contribution in [0.4, 0.5) is 0 Å². The van der Waals surface area contributed by atoms with Gasteiger partial charge >= 0.3 is 0 Å². The number of hydrogen-bond donors (Lipinski definition) is 2. The second-order valence-corrected chi connectivity index (χ2v) is 14.7. The van der Waals surface area contributed by atoms with Crippen LogP contribution in [0, 0.1) is 0 Å². The van der Waals surface area contributed by atoms with E-state index in [9.17, 15) is 10.2 Å². The van der Waals surface area contributed by atoms with Gasteiger partial charge in [-0.15, -0.1) is 0 Å². The molecule has 7 aromatic rings. The Bertz CT molecular complexity index is 2230. The quantitative estimate of drug-likeness (QED) is 0.186. The second kappa shape index (κ2) is 16.6. The van der Waals surface area contributed by atoms with Crippen LogP contribution in [-0.2, 0) is 30.1 Å². The van der Waals surface area contributed by atoms with Gasteiger partial charge in [-0.2, -0.15) is 0 Å². The lowest BCUT2D eigenvalue weighted by atomic mass is 9.79. The van der Waals surface area contributed by atoms with Crippen LogP contribution in [0.1, 0.15) is 33.4 Å². The first-order valence-corrected chi connectivity index (χ1v) is 20.0. The molecule has 0 atom stereocenters. The van der Waals surface area contributed by atoms with Gasteiger partial charge in [0.1, 0.15) is 11.2 Å². The van der Waals surface area contributed by atoms with Crippen LogP contribution in [0.25, 0.3) is 44.5 Å². The molecule has 58 heavy (non-hydrogen) atoms. The van der Waals surface area contributed by atoms with Crippen molar-refractivity contribution in [2.24, 2.45) is 0 Å². The van der Waals surface area contributed by atoms with Gasteiger partial charge in [0, 0.05) is 33.4 Å². The van der Waals surface area contributed by atoms with Gasteiger partial charge in [-0.05, 0) is 44.5 Å². The Kier molecular flexibility index (Phi) is 10.9. The maximum absolute atomic E-state index is 12.7. The predicted octanol–water partition coefficient (Wildman–Crippen LogP) is 9.62. The van der Waals surface area contributed by atoms with E-state index >= 15 is 0 Å². The lowest BCUT2D eigenvalue weighted by Gasteiger charge is -2.29. The Morgan fingerprint density at radius 3 is 0.672 bits per heavy atom. The van der Waals surface area contributed by atoms with E-state index in [1.807, 2.05) is 109 Å². The first kappa shape index (κ1) is 37.9. The van der Waals surface area contributed by atoms with E-state index in [1.165, 1.54) is 0 Å². The van der Waals surface area contributed by atoms with Gasteiger partial charge in [-0.3, -0.25) is 0 Å². The summed E-state index contributed by atoms with van der Waals surface area (Å²) in [5.74, 6) is 0. The van der Waals surface area contributed by atoms with E-state index in [4.69, 9.17) is 18.9 Å². The Morgan fingerprint density at radius 1 is 0.259 bits per heavy atom. The van der Waals surface area contributed by atoms with Crippen molar-refractivity contribution in [2.75, 3.05) is 52.9 Å². The monoisotopic (exact) mass is 766 g/mol. The molecule has 6 nitrogen and oxygen atoms in total. The highest BCUT2D eigenvalue weighted by Gasteiger charge is 2.45. The second-order valence-electron chi connectivity index (χ2n) is 14.7. The molecule has 6 heteroatoms. The highest BCUT2D eigenvalue weighted by Crippen LogP contribution is 2.54. The predicted molar refractivity (Wildman–Crippen MR) is 229 cm³/mol. The summed E-state index contributed by atoms with van der Waals surface area (Å²) in [6.45, 7) is 6.22. The number of rotatable bonds is 4. The van der Waals surface area contributed by atoms with Crippen molar-refractivity contribution < 1.29 is 29.2 Å². The summed E-state index contributed by atoms with van der Waals surface area (Å²) in [6.07, 6.45) is 0. The van der Waals surface area contributed by atoms with Crippen LogP contribution >= 0.6 is 0 Å². The molecular formula is C52H46O6. The van der Waals surface area contributed by atoms with E-state index in [0.717, 1.165) is 131 Å². The van der Waals surface area contributed by atoms with Crippen molar-refractivity contribution in [3.63, 3.8) is 0 Å². The van der Waals surface area contributed by atoms with Gasteiger partial charge in [-0.25, -0.2) is 0 Å². The molecule has 0 radical (unpaired) electrons. The van der Waals surface area contributed by atoms with E-state index in [2.05, 4.69) is 60.7 Å². The van der Waals surface area contributed by atoms with Crippen LogP contribution < -0.4 is 0 Å². The minimum atomic E-state index is -1.28. The first-order valence-electron chi connectivity index (χ1n) is 20.0. The standard InChI is InChI=1S/C44H30O2.2C4H8O2/c45-43(39-21-9-3-15-33(39)34-16-4-10-22-40(34)43)37-19-7-1-13-31(37)29-25-27-30(28-26-29)32-14-2-8-20-38(32)44(46)41-23-11-5-17-35(41)36-18-6-12-24-42(36)44;2*1-2-6-4-3-5-1/h1-28,45-46H;2*1-4H2. The van der Waals surface area contributed by atoms with Crippen LogP contribution in [0.3, 0.4) is 0 Å². The third-order valence-electron chi connectivity index (χ3n) is 11.5. The molecule has 0 unspecified atom stereocenters. The highest BCUT2D eigenvalue weighted by molar-refractivity contribution is 5.87. The molecule has 2 aliphatic heterocycles. The van der Waals surface area contributed by atoms with Crippen molar-refractivity contribution in [3.05, 3.63) is 203 Å². The third-order valence-corrected chi connectivity index (χ3v) is 11.5. The molecular weight excluding hydrogens is 721 g/mol. The molecule has 2 aliphatic carbocycles. The summed E-state index contributed by atoms with van der Waals surface area (Å²) in [6, 6.07) is 57.5. The first-order chi connectivity index (χ1) is 28.6. The molecule has 7 aromatic carbocycles. The average molecular weight is 767 g/mol. The maximum Gasteiger partial charge on any atom is 0.142 e. The van der Waals surface area contributed by atoms with Crippen molar-refractivity contribution in [1.29, 1.82) is 0 Å². The van der Waals surface area contributed by atoms with E-state index in [1.54, 1.807) is 0 Å². The number of hydrogen-bond acceptors (Lipinski definition) is 6. The third kappa shape index (κ3) is 6.78. The van der Waals surface area contributed by atoms with Gasteiger partial charge in [-0.1, -0.05) is 170 Å². The molecule has 0 amide bonds. The van der Waals surface area contributed by atoms with Crippen molar-refractivity contribution in [1.82, 2.24) is 0 Å². The molecule has 0 bridgehead atoms. The van der Waals surface area contributed by atoms with Crippen molar-refractivity contribution in [2.45, 2.75) is 11.2 Å². The number of fused-ring (bicyclic) bond motifs is 6. The lowest BCUT2D eigenvalue weighted by molar-refractivity contribution is -0.0334. The number of benzene rings is 7. The zero-order chi connectivity index (χ0) is 39.4. The minimum absolute atomic E-state index is 0.778. The van der Waals surface area contributed by atoms with Crippen LogP contribution in [0.5, 0.6) is 0 Å². The SMILES string of the molecule is C1COCCO1.C1COCCO1.OC1(c2ccccc2-c2ccc(-c3ccccc3C3(O)c4ccccc4-c4ccccc43)cc2)c2ccccc2-c2ccccc21. The van der Waals surface area contributed by atoms with E-state index < -0.39 is 11.2 Å². The van der Waals surface area contributed by atoms with Gasteiger partial charge in [0.05, 0.1) is 52.9 Å². The molecule has 0 saturated carbocycles. The fraction of sp³-hybridized carbons (Fsp3) is 0.192. The van der Waals surface area contributed by atoms with E-state index in [0.29, 0.717) is 0 Å². The minimum Gasteiger partial charge on any atom is -0.377 e. The van der Waals surface area contributed by atoms with Gasteiger partial charge in [0.15, 0.2) is 0 Å². The summed E-state index contributed by atoms with van der Waals surface area (Å²) in [5, 5.41) is 25.3. The molecule has 2 N–H and O–H groups in total. The van der Waals surface area contributed by atoms with Crippen molar-refractivity contribution >= 4 is 0 Å². The summed E-state index contributed by atoms with van der Waals surface area (Å²) >= 11 is 0. The fourth-order valence-corrected chi connectivity index (χ4v) is 8.81. The molecule has 290 valence electrons. The largest absolute Gasteiger partial charge is 0.377 e. The highest BCUT2D eigenvalue weighted by atomic mass is 16.6. The zero-order valence-corrected chi connectivity index (χ0v) is 32.4. The van der Waals surface area contributed by atoms with Crippen molar-refractivity contribution in [3.8, 4) is 44.5 Å². The van der Waals surface area contributed by atoms with Crippen LogP contribution in [0.2, 0.25) is 0 Å². The Labute approximate surface area is 339 Å².